The van der Waals surface area contributed by atoms with Gasteiger partial charge in [-0.25, -0.2) is 13.6 Å². The lowest BCUT2D eigenvalue weighted by Crippen LogP contribution is -2.15. The number of amides is 1. The number of primary sulfonamides is 1. The van der Waals surface area contributed by atoms with Crippen LogP contribution in [0.4, 0.5) is 5.69 Å². The zero-order valence-corrected chi connectivity index (χ0v) is 17.1. The molecule has 1 heterocycles. The van der Waals surface area contributed by atoms with E-state index in [9.17, 15) is 13.2 Å². The molecular weight excluding hydrogens is 422 g/mol. The van der Waals surface area contributed by atoms with Gasteiger partial charge in [-0.2, -0.15) is 0 Å². The predicted molar refractivity (Wildman–Crippen MR) is 109 cm³/mol. The number of sulfonamides is 1. The molecule has 0 aliphatic rings. The Hall–Kier alpha value is -2.40. The van der Waals surface area contributed by atoms with Crippen molar-refractivity contribution in [3.8, 4) is 11.4 Å². The third-order valence-electron chi connectivity index (χ3n) is 3.72. The van der Waals surface area contributed by atoms with Crippen LogP contribution >= 0.6 is 23.4 Å². The van der Waals surface area contributed by atoms with E-state index in [1.165, 1.54) is 36.0 Å². The highest BCUT2D eigenvalue weighted by atomic mass is 35.5. The van der Waals surface area contributed by atoms with Crippen molar-refractivity contribution in [1.82, 2.24) is 14.8 Å². The maximum atomic E-state index is 12.2. The number of benzene rings is 2. The summed E-state index contributed by atoms with van der Waals surface area (Å²) >= 11 is 7.24. The molecule has 0 saturated heterocycles. The van der Waals surface area contributed by atoms with Gasteiger partial charge in [0, 0.05) is 23.3 Å². The van der Waals surface area contributed by atoms with Gasteiger partial charge in [0.05, 0.1) is 10.6 Å². The molecule has 1 aromatic heterocycles. The van der Waals surface area contributed by atoms with Crippen molar-refractivity contribution in [3.63, 3.8) is 0 Å². The lowest BCUT2D eigenvalue weighted by Gasteiger charge is -2.06. The van der Waals surface area contributed by atoms with E-state index in [1.807, 2.05) is 19.2 Å². The van der Waals surface area contributed by atoms with E-state index in [-0.39, 0.29) is 16.6 Å². The first kappa shape index (κ1) is 20.3. The van der Waals surface area contributed by atoms with Crippen molar-refractivity contribution in [2.45, 2.75) is 10.1 Å². The van der Waals surface area contributed by atoms with Crippen LogP contribution in [0.1, 0.15) is 0 Å². The minimum atomic E-state index is -3.77. The monoisotopic (exact) mass is 437 g/mol. The second-order valence-electron chi connectivity index (χ2n) is 5.78. The molecule has 0 aliphatic heterocycles. The normalized spacial score (nSPS) is 11.4. The fourth-order valence-electron chi connectivity index (χ4n) is 2.37. The van der Waals surface area contributed by atoms with Crippen LogP contribution in [0.2, 0.25) is 5.02 Å². The Labute approximate surface area is 171 Å². The number of halogens is 1. The SMILES string of the molecule is Cn1c(SCC(=O)Nc2ccc(S(N)(=O)=O)cc2)nnc1-c1cccc(Cl)c1. The van der Waals surface area contributed by atoms with Gasteiger partial charge in [-0.1, -0.05) is 35.5 Å². The van der Waals surface area contributed by atoms with E-state index in [2.05, 4.69) is 15.5 Å². The molecule has 3 aromatic rings. The molecule has 0 atom stereocenters. The molecule has 3 rings (SSSR count). The van der Waals surface area contributed by atoms with E-state index >= 15 is 0 Å². The van der Waals surface area contributed by atoms with Crippen LogP contribution in [0, 0.1) is 0 Å². The second kappa shape index (κ2) is 8.31. The Morgan fingerprint density at radius 1 is 1.21 bits per heavy atom. The first-order valence-corrected chi connectivity index (χ1v) is 10.9. The first-order chi connectivity index (χ1) is 13.2. The Morgan fingerprint density at radius 2 is 1.93 bits per heavy atom. The molecular formula is C17H16ClN5O3S2. The fourth-order valence-corrected chi connectivity index (χ4v) is 3.79. The van der Waals surface area contributed by atoms with Gasteiger partial charge in [-0.3, -0.25) is 4.79 Å². The lowest BCUT2D eigenvalue weighted by molar-refractivity contribution is -0.113. The summed E-state index contributed by atoms with van der Waals surface area (Å²) in [5, 5.41) is 17.2. The number of rotatable bonds is 6. The third kappa shape index (κ3) is 4.90. The van der Waals surface area contributed by atoms with Crippen molar-refractivity contribution < 1.29 is 13.2 Å². The largest absolute Gasteiger partial charge is 0.325 e. The van der Waals surface area contributed by atoms with Gasteiger partial charge in [0.15, 0.2) is 11.0 Å². The Balaban J connectivity index is 1.62. The lowest BCUT2D eigenvalue weighted by atomic mass is 10.2. The molecule has 0 saturated carbocycles. The summed E-state index contributed by atoms with van der Waals surface area (Å²) in [6.07, 6.45) is 0. The molecule has 0 fully saturated rings. The highest BCUT2D eigenvalue weighted by Gasteiger charge is 2.14. The molecule has 11 heteroatoms. The number of nitrogens with two attached hydrogens (primary N) is 1. The zero-order chi connectivity index (χ0) is 20.3. The van der Waals surface area contributed by atoms with Crippen LogP contribution in [-0.4, -0.2) is 34.8 Å². The number of nitrogens with one attached hydrogen (secondary N) is 1. The van der Waals surface area contributed by atoms with Crippen LogP contribution in [0.5, 0.6) is 0 Å². The standard InChI is InChI=1S/C17H16ClN5O3S2/c1-23-16(11-3-2-4-12(18)9-11)21-22-17(23)27-10-15(24)20-13-5-7-14(8-6-13)28(19,25)26/h2-9H,10H2,1H3,(H,20,24)(H2,19,25,26). The van der Waals surface area contributed by atoms with E-state index in [1.54, 1.807) is 16.7 Å². The third-order valence-corrected chi connectivity index (χ3v) is 5.90. The molecule has 8 nitrogen and oxygen atoms in total. The van der Waals surface area contributed by atoms with Gasteiger partial charge in [0.1, 0.15) is 0 Å². The summed E-state index contributed by atoms with van der Waals surface area (Å²) in [6, 6.07) is 12.9. The minimum Gasteiger partial charge on any atom is -0.325 e. The average molecular weight is 438 g/mol. The smallest absolute Gasteiger partial charge is 0.238 e. The number of nitrogens with zero attached hydrogens (tertiary/aromatic N) is 3. The van der Waals surface area contributed by atoms with Crippen molar-refractivity contribution in [2.24, 2.45) is 12.2 Å². The van der Waals surface area contributed by atoms with Crippen molar-refractivity contribution >= 4 is 45.0 Å². The summed E-state index contributed by atoms with van der Waals surface area (Å²) in [5.41, 5.74) is 1.30. The molecule has 0 radical (unpaired) electrons. The molecule has 1 amide bonds. The molecule has 146 valence electrons. The minimum absolute atomic E-state index is 0.0208. The summed E-state index contributed by atoms with van der Waals surface area (Å²) < 4.78 is 24.3. The van der Waals surface area contributed by atoms with Crippen molar-refractivity contribution in [3.05, 3.63) is 53.6 Å². The van der Waals surface area contributed by atoms with Crippen LogP contribution in [0.25, 0.3) is 11.4 Å². The molecule has 0 bridgehead atoms. The molecule has 28 heavy (non-hydrogen) atoms. The fraction of sp³-hybridized carbons (Fsp3) is 0.118. The number of thioether (sulfide) groups is 1. The maximum absolute atomic E-state index is 12.2. The highest BCUT2D eigenvalue weighted by Crippen LogP contribution is 2.24. The molecule has 0 aliphatic carbocycles. The number of carbonyl (C=O) groups excluding carboxylic acids is 1. The average Bonchev–Trinajstić information content (AvgIpc) is 3.00. The summed E-state index contributed by atoms with van der Waals surface area (Å²) in [4.78, 5) is 12.1. The number of hydrogen-bond donors (Lipinski definition) is 2. The van der Waals surface area contributed by atoms with Gasteiger partial charge in [0.25, 0.3) is 0 Å². The first-order valence-electron chi connectivity index (χ1n) is 7.95. The Bertz CT molecular complexity index is 1110. The molecule has 0 unspecified atom stereocenters. The molecule has 2 aromatic carbocycles. The highest BCUT2D eigenvalue weighted by molar-refractivity contribution is 7.99. The predicted octanol–water partition coefficient (Wildman–Crippen LogP) is 2.51. The summed E-state index contributed by atoms with van der Waals surface area (Å²) in [5.74, 6) is 0.489. The molecule has 0 spiro atoms. The number of carbonyl (C=O) groups is 1. The van der Waals surface area contributed by atoms with E-state index in [4.69, 9.17) is 16.7 Å². The number of anilines is 1. The van der Waals surface area contributed by atoms with Crippen molar-refractivity contribution in [2.75, 3.05) is 11.1 Å². The van der Waals surface area contributed by atoms with Crippen LogP contribution < -0.4 is 10.5 Å². The van der Waals surface area contributed by atoms with Gasteiger partial charge >= 0.3 is 0 Å². The Kier molecular flexibility index (Phi) is 6.04. The number of aromatic nitrogens is 3. The maximum Gasteiger partial charge on any atom is 0.238 e. The molecule has 3 N–H and O–H groups in total. The van der Waals surface area contributed by atoms with E-state index < -0.39 is 10.0 Å². The van der Waals surface area contributed by atoms with Crippen LogP contribution in [-0.2, 0) is 21.9 Å². The Morgan fingerprint density at radius 3 is 2.57 bits per heavy atom. The van der Waals surface area contributed by atoms with Crippen molar-refractivity contribution in [1.29, 1.82) is 0 Å². The quantitative estimate of drug-likeness (QED) is 0.571. The zero-order valence-electron chi connectivity index (χ0n) is 14.7. The van der Waals surface area contributed by atoms with Gasteiger partial charge in [0.2, 0.25) is 15.9 Å². The topological polar surface area (TPSA) is 120 Å². The van der Waals surface area contributed by atoms with E-state index in [0.29, 0.717) is 21.7 Å². The van der Waals surface area contributed by atoms with Gasteiger partial charge in [-0.15, -0.1) is 10.2 Å². The summed E-state index contributed by atoms with van der Waals surface area (Å²) in [6.45, 7) is 0. The van der Waals surface area contributed by atoms with Crippen LogP contribution in [0.3, 0.4) is 0 Å². The number of hydrogen-bond acceptors (Lipinski definition) is 6. The van der Waals surface area contributed by atoms with Crippen LogP contribution in [0.15, 0.2) is 58.6 Å². The summed E-state index contributed by atoms with van der Waals surface area (Å²) in [7, 11) is -1.96. The van der Waals surface area contributed by atoms with Gasteiger partial charge < -0.3 is 9.88 Å². The van der Waals surface area contributed by atoms with Gasteiger partial charge in [-0.05, 0) is 36.4 Å². The second-order valence-corrected chi connectivity index (χ2v) is 8.72. The van der Waals surface area contributed by atoms with E-state index in [0.717, 1.165) is 5.56 Å².